The molecule has 0 saturated carbocycles. The van der Waals surface area contributed by atoms with Gasteiger partial charge in [0, 0.05) is 25.4 Å². The first kappa shape index (κ1) is 12.8. The molecule has 0 fully saturated rings. The van der Waals surface area contributed by atoms with Crippen molar-refractivity contribution >= 4 is 5.69 Å². The Morgan fingerprint density at radius 3 is 2.62 bits per heavy atom. The van der Waals surface area contributed by atoms with Gasteiger partial charge in [0.2, 0.25) is 0 Å². The smallest absolute Gasteiger partial charge is 0.121 e. The van der Waals surface area contributed by atoms with Gasteiger partial charge in [-0.3, -0.25) is 0 Å². The quantitative estimate of drug-likeness (QED) is 0.804. The fraction of sp³-hybridized carbons (Fsp3) is 0.538. The van der Waals surface area contributed by atoms with Gasteiger partial charge in [0.1, 0.15) is 5.75 Å². The Bertz CT molecular complexity index is 326. The lowest BCUT2D eigenvalue weighted by Crippen LogP contribution is -2.17. The van der Waals surface area contributed by atoms with Crippen LogP contribution in [0.15, 0.2) is 18.2 Å². The van der Waals surface area contributed by atoms with Crippen LogP contribution in [0.2, 0.25) is 0 Å². The minimum absolute atomic E-state index is 0.410. The Labute approximate surface area is 97.8 Å². The Morgan fingerprint density at radius 1 is 1.31 bits per heavy atom. The van der Waals surface area contributed by atoms with Crippen LogP contribution in [-0.2, 0) is 4.74 Å². The molecular weight excluding hydrogens is 202 g/mol. The number of benzene rings is 1. The molecule has 1 unspecified atom stereocenters. The van der Waals surface area contributed by atoms with Crippen LogP contribution in [0.1, 0.15) is 18.9 Å². The molecule has 3 nitrogen and oxygen atoms in total. The van der Waals surface area contributed by atoms with Crippen LogP contribution in [0.4, 0.5) is 5.69 Å². The monoisotopic (exact) mass is 223 g/mol. The topological polar surface area (TPSA) is 30.5 Å². The third-order valence-corrected chi connectivity index (χ3v) is 2.56. The summed E-state index contributed by atoms with van der Waals surface area (Å²) in [4.78, 5) is 0. The molecule has 0 amide bonds. The Morgan fingerprint density at radius 2 is 2.06 bits per heavy atom. The maximum absolute atomic E-state index is 5.22. The molecule has 0 heterocycles. The van der Waals surface area contributed by atoms with E-state index in [0.29, 0.717) is 6.04 Å². The minimum Gasteiger partial charge on any atom is -0.496 e. The standard InChI is InChI=1S/C13H21NO2/c1-10-9-12(5-6-13(10)16-4)14-11(2)7-8-15-3/h5-6,9,11,14H,7-8H2,1-4H3. The molecule has 0 aliphatic carbocycles. The highest BCUT2D eigenvalue weighted by Crippen LogP contribution is 2.22. The van der Waals surface area contributed by atoms with Crippen LogP contribution in [0.3, 0.4) is 0 Å². The summed E-state index contributed by atoms with van der Waals surface area (Å²) in [5.41, 5.74) is 2.27. The summed E-state index contributed by atoms with van der Waals surface area (Å²) in [5.74, 6) is 0.926. The predicted molar refractivity (Wildman–Crippen MR) is 67.3 cm³/mol. The van der Waals surface area contributed by atoms with Crippen molar-refractivity contribution in [1.29, 1.82) is 0 Å². The molecule has 1 rings (SSSR count). The van der Waals surface area contributed by atoms with Crippen LogP contribution in [0, 0.1) is 6.92 Å². The Balaban J connectivity index is 2.57. The van der Waals surface area contributed by atoms with E-state index in [-0.39, 0.29) is 0 Å². The summed E-state index contributed by atoms with van der Waals surface area (Å²) in [6.07, 6.45) is 1.00. The number of hydrogen-bond acceptors (Lipinski definition) is 3. The van der Waals surface area contributed by atoms with Gasteiger partial charge in [0.15, 0.2) is 0 Å². The van der Waals surface area contributed by atoms with E-state index in [0.717, 1.165) is 30.0 Å². The number of anilines is 1. The Kier molecular flexibility index (Phi) is 5.12. The van der Waals surface area contributed by atoms with Crippen molar-refractivity contribution in [1.82, 2.24) is 0 Å². The number of ether oxygens (including phenoxy) is 2. The molecule has 0 bridgehead atoms. The average Bonchev–Trinajstić information content (AvgIpc) is 2.26. The molecule has 0 saturated heterocycles. The van der Waals surface area contributed by atoms with Crippen molar-refractivity contribution in [3.8, 4) is 5.75 Å². The lowest BCUT2D eigenvalue weighted by Gasteiger charge is -2.16. The van der Waals surface area contributed by atoms with E-state index in [9.17, 15) is 0 Å². The van der Waals surface area contributed by atoms with Gasteiger partial charge in [-0.15, -0.1) is 0 Å². The zero-order valence-corrected chi connectivity index (χ0v) is 10.5. The van der Waals surface area contributed by atoms with E-state index in [1.807, 2.05) is 19.1 Å². The molecule has 16 heavy (non-hydrogen) atoms. The van der Waals surface area contributed by atoms with Gasteiger partial charge in [0.25, 0.3) is 0 Å². The number of hydrogen-bond donors (Lipinski definition) is 1. The lowest BCUT2D eigenvalue weighted by atomic mass is 10.1. The number of rotatable bonds is 6. The van der Waals surface area contributed by atoms with E-state index in [1.54, 1.807) is 14.2 Å². The minimum atomic E-state index is 0.410. The van der Waals surface area contributed by atoms with Crippen LogP contribution >= 0.6 is 0 Å². The molecule has 0 aliphatic heterocycles. The highest BCUT2D eigenvalue weighted by molar-refractivity contribution is 5.51. The second-order valence-corrected chi connectivity index (χ2v) is 4.01. The first-order chi connectivity index (χ1) is 7.67. The third kappa shape index (κ3) is 3.74. The molecule has 0 radical (unpaired) electrons. The highest BCUT2D eigenvalue weighted by atomic mass is 16.5. The first-order valence-electron chi connectivity index (χ1n) is 5.57. The van der Waals surface area contributed by atoms with Crippen molar-refractivity contribution < 1.29 is 9.47 Å². The van der Waals surface area contributed by atoms with Crippen molar-refractivity contribution in [2.24, 2.45) is 0 Å². The average molecular weight is 223 g/mol. The van der Waals surface area contributed by atoms with Crippen LogP contribution in [0.25, 0.3) is 0 Å². The van der Waals surface area contributed by atoms with Crippen LogP contribution in [0.5, 0.6) is 5.75 Å². The first-order valence-corrected chi connectivity index (χ1v) is 5.57. The highest BCUT2D eigenvalue weighted by Gasteiger charge is 2.03. The summed E-state index contributed by atoms with van der Waals surface area (Å²) in [6.45, 7) is 4.98. The summed E-state index contributed by atoms with van der Waals surface area (Å²) < 4.78 is 10.3. The molecule has 0 spiro atoms. The van der Waals surface area contributed by atoms with Crippen molar-refractivity contribution in [2.75, 3.05) is 26.1 Å². The number of nitrogens with one attached hydrogen (secondary N) is 1. The zero-order chi connectivity index (χ0) is 12.0. The van der Waals surface area contributed by atoms with E-state index in [4.69, 9.17) is 9.47 Å². The summed E-state index contributed by atoms with van der Waals surface area (Å²) in [7, 11) is 3.42. The summed E-state index contributed by atoms with van der Waals surface area (Å²) >= 11 is 0. The fourth-order valence-electron chi connectivity index (χ4n) is 1.62. The maximum atomic E-state index is 5.22. The molecular formula is C13H21NO2. The van der Waals surface area contributed by atoms with Gasteiger partial charge in [-0.2, -0.15) is 0 Å². The second kappa shape index (κ2) is 6.38. The molecule has 0 aromatic heterocycles. The molecule has 1 N–H and O–H groups in total. The van der Waals surface area contributed by atoms with Gasteiger partial charge in [0.05, 0.1) is 7.11 Å². The molecule has 3 heteroatoms. The van der Waals surface area contributed by atoms with Crippen LogP contribution < -0.4 is 10.1 Å². The molecule has 1 aromatic carbocycles. The second-order valence-electron chi connectivity index (χ2n) is 4.01. The fourth-order valence-corrected chi connectivity index (χ4v) is 1.62. The SMILES string of the molecule is COCCC(C)Nc1ccc(OC)c(C)c1. The largest absolute Gasteiger partial charge is 0.496 e. The van der Waals surface area contributed by atoms with E-state index < -0.39 is 0 Å². The van der Waals surface area contributed by atoms with Crippen molar-refractivity contribution in [3.05, 3.63) is 23.8 Å². The normalized spacial score (nSPS) is 12.2. The molecule has 1 aromatic rings. The van der Waals surface area contributed by atoms with Crippen molar-refractivity contribution in [2.45, 2.75) is 26.3 Å². The predicted octanol–water partition coefficient (Wildman–Crippen LogP) is 2.84. The van der Waals surface area contributed by atoms with Gasteiger partial charge in [-0.05, 0) is 44.0 Å². The summed E-state index contributed by atoms with van der Waals surface area (Å²) in [5, 5.41) is 3.43. The van der Waals surface area contributed by atoms with Crippen molar-refractivity contribution in [3.63, 3.8) is 0 Å². The maximum Gasteiger partial charge on any atom is 0.121 e. The van der Waals surface area contributed by atoms with Gasteiger partial charge in [-0.25, -0.2) is 0 Å². The molecule has 90 valence electrons. The van der Waals surface area contributed by atoms with Gasteiger partial charge >= 0.3 is 0 Å². The number of methoxy groups -OCH3 is 2. The lowest BCUT2D eigenvalue weighted by molar-refractivity contribution is 0.191. The van der Waals surface area contributed by atoms with E-state index in [1.165, 1.54) is 0 Å². The molecule has 1 atom stereocenters. The molecule has 0 aliphatic rings. The van der Waals surface area contributed by atoms with E-state index in [2.05, 4.69) is 18.3 Å². The van der Waals surface area contributed by atoms with Gasteiger partial charge < -0.3 is 14.8 Å². The Hall–Kier alpha value is -1.22. The third-order valence-electron chi connectivity index (χ3n) is 2.56. The zero-order valence-electron chi connectivity index (χ0n) is 10.5. The number of aryl methyl sites for hydroxylation is 1. The van der Waals surface area contributed by atoms with Crippen LogP contribution in [-0.4, -0.2) is 26.9 Å². The summed E-state index contributed by atoms with van der Waals surface area (Å²) in [6, 6.07) is 6.53. The van der Waals surface area contributed by atoms with E-state index >= 15 is 0 Å². The van der Waals surface area contributed by atoms with Gasteiger partial charge in [-0.1, -0.05) is 0 Å².